The van der Waals surface area contributed by atoms with Crippen molar-refractivity contribution < 1.29 is 4.42 Å². The highest BCUT2D eigenvalue weighted by molar-refractivity contribution is 5.34. The van der Waals surface area contributed by atoms with Crippen LogP contribution in [0.1, 0.15) is 32.6 Å². The molecule has 1 saturated heterocycles. The molecule has 1 aliphatic rings. The number of anilines is 1. The summed E-state index contributed by atoms with van der Waals surface area (Å²) in [6.07, 6.45) is 8.14. The summed E-state index contributed by atoms with van der Waals surface area (Å²) in [5, 5.41) is 0. The molecule has 2 N–H and O–H groups in total. The van der Waals surface area contributed by atoms with Crippen molar-refractivity contribution in [3.05, 3.63) is 12.6 Å². The van der Waals surface area contributed by atoms with Gasteiger partial charge in [0.05, 0.1) is 6.20 Å². The summed E-state index contributed by atoms with van der Waals surface area (Å²) >= 11 is 0. The standard InChI is InChI=1S/C12H21N3O/c1-2-11-10(7-13)5-3-4-6-15(11)12-8-14-9-16-12/h8-11H,2-7,13H2,1H3/t10-,11-/m1/s1. The lowest BCUT2D eigenvalue weighted by molar-refractivity contribution is 0.378. The SMILES string of the molecule is CC[C@@H]1[C@@H](CN)CCCCN1c1cnco1. The van der Waals surface area contributed by atoms with E-state index in [1.54, 1.807) is 0 Å². The fourth-order valence-corrected chi connectivity index (χ4v) is 2.75. The van der Waals surface area contributed by atoms with Gasteiger partial charge >= 0.3 is 0 Å². The van der Waals surface area contributed by atoms with Crippen molar-refractivity contribution >= 4 is 5.88 Å². The third kappa shape index (κ3) is 2.21. The van der Waals surface area contributed by atoms with Crippen molar-refractivity contribution in [3.8, 4) is 0 Å². The number of hydrogen-bond donors (Lipinski definition) is 1. The van der Waals surface area contributed by atoms with Gasteiger partial charge in [-0.3, -0.25) is 0 Å². The molecular weight excluding hydrogens is 202 g/mol. The summed E-state index contributed by atoms with van der Waals surface area (Å²) in [5.74, 6) is 1.48. The molecule has 0 radical (unpaired) electrons. The van der Waals surface area contributed by atoms with E-state index in [9.17, 15) is 0 Å². The van der Waals surface area contributed by atoms with Crippen LogP contribution in [-0.4, -0.2) is 24.1 Å². The van der Waals surface area contributed by atoms with E-state index in [1.165, 1.54) is 25.7 Å². The molecule has 2 rings (SSSR count). The lowest BCUT2D eigenvalue weighted by Gasteiger charge is -2.33. The molecule has 1 fully saturated rings. The fourth-order valence-electron chi connectivity index (χ4n) is 2.75. The van der Waals surface area contributed by atoms with Gasteiger partial charge in [-0.2, -0.15) is 0 Å². The first kappa shape index (κ1) is 11.5. The maximum Gasteiger partial charge on any atom is 0.216 e. The Morgan fingerprint density at radius 3 is 3.06 bits per heavy atom. The van der Waals surface area contributed by atoms with Crippen LogP contribution in [0.4, 0.5) is 5.88 Å². The second kappa shape index (κ2) is 5.34. The number of rotatable bonds is 3. The van der Waals surface area contributed by atoms with E-state index in [1.807, 2.05) is 6.20 Å². The molecule has 0 aromatic carbocycles. The van der Waals surface area contributed by atoms with E-state index in [4.69, 9.17) is 10.2 Å². The second-order valence-corrected chi connectivity index (χ2v) is 4.50. The van der Waals surface area contributed by atoms with Crippen molar-refractivity contribution in [1.82, 2.24) is 4.98 Å². The monoisotopic (exact) mass is 223 g/mol. The highest BCUT2D eigenvalue weighted by atomic mass is 16.4. The Labute approximate surface area is 96.8 Å². The number of nitrogens with zero attached hydrogens (tertiary/aromatic N) is 2. The topological polar surface area (TPSA) is 55.3 Å². The molecule has 1 aromatic rings. The van der Waals surface area contributed by atoms with Crippen molar-refractivity contribution in [2.24, 2.45) is 11.7 Å². The third-order valence-electron chi connectivity index (χ3n) is 3.59. The first-order valence-electron chi connectivity index (χ1n) is 6.22. The van der Waals surface area contributed by atoms with Crippen LogP contribution in [0.3, 0.4) is 0 Å². The summed E-state index contributed by atoms with van der Waals surface area (Å²) in [4.78, 5) is 6.35. The van der Waals surface area contributed by atoms with Gasteiger partial charge in [0.2, 0.25) is 5.88 Å². The zero-order valence-electron chi connectivity index (χ0n) is 9.93. The average Bonchev–Trinajstić information content (AvgIpc) is 2.75. The van der Waals surface area contributed by atoms with Crippen LogP contribution in [-0.2, 0) is 0 Å². The summed E-state index contributed by atoms with van der Waals surface area (Å²) in [5.41, 5.74) is 5.88. The van der Waals surface area contributed by atoms with E-state index < -0.39 is 0 Å². The highest BCUT2D eigenvalue weighted by Gasteiger charge is 2.29. The smallest absolute Gasteiger partial charge is 0.216 e. The Bertz CT molecular complexity index is 299. The summed E-state index contributed by atoms with van der Waals surface area (Å²) in [6.45, 7) is 4.05. The molecule has 16 heavy (non-hydrogen) atoms. The molecule has 1 aliphatic heterocycles. The lowest BCUT2D eigenvalue weighted by Crippen LogP contribution is -2.42. The fraction of sp³-hybridized carbons (Fsp3) is 0.750. The molecule has 0 bridgehead atoms. The number of hydrogen-bond acceptors (Lipinski definition) is 4. The molecular formula is C12H21N3O. The van der Waals surface area contributed by atoms with Gasteiger partial charge in [-0.1, -0.05) is 13.3 Å². The van der Waals surface area contributed by atoms with Crippen molar-refractivity contribution in [3.63, 3.8) is 0 Å². The molecule has 0 aliphatic carbocycles. The summed E-state index contributed by atoms with van der Waals surface area (Å²) < 4.78 is 5.43. The first-order chi connectivity index (χ1) is 7.86. The molecule has 0 spiro atoms. The maximum absolute atomic E-state index is 5.88. The zero-order valence-corrected chi connectivity index (χ0v) is 9.93. The van der Waals surface area contributed by atoms with E-state index in [0.717, 1.165) is 25.4 Å². The molecule has 2 atom stereocenters. The minimum atomic E-state index is 0.500. The normalized spacial score (nSPS) is 26.8. The van der Waals surface area contributed by atoms with Crippen LogP contribution < -0.4 is 10.6 Å². The summed E-state index contributed by atoms with van der Waals surface area (Å²) in [6, 6.07) is 0.500. The van der Waals surface area contributed by atoms with Crippen LogP contribution in [0.2, 0.25) is 0 Å². The Hall–Kier alpha value is -1.03. The Kier molecular flexibility index (Phi) is 3.83. The van der Waals surface area contributed by atoms with E-state index in [-0.39, 0.29) is 0 Å². The van der Waals surface area contributed by atoms with Crippen molar-refractivity contribution in [2.45, 2.75) is 38.6 Å². The molecule has 4 nitrogen and oxygen atoms in total. The predicted octanol–water partition coefficient (Wildman–Crippen LogP) is 2.02. The van der Waals surface area contributed by atoms with E-state index in [0.29, 0.717) is 12.0 Å². The van der Waals surface area contributed by atoms with Gasteiger partial charge in [0.15, 0.2) is 6.39 Å². The van der Waals surface area contributed by atoms with Gasteiger partial charge in [-0.05, 0) is 31.7 Å². The number of aromatic nitrogens is 1. The van der Waals surface area contributed by atoms with Gasteiger partial charge in [0.1, 0.15) is 0 Å². The van der Waals surface area contributed by atoms with Gasteiger partial charge in [-0.15, -0.1) is 0 Å². The van der Waals surface area contributed by atoms with Crippen molar-refractivity contribution in [2.75, 3.05) is 18.0 Å². The molecule has 0 unspecified atom stereocenters. The van der Waals surface area contributed by atoms with E-state index in [2.05, 4.69) is 16.8 Å². The Morgan fingerprint density at radius 2 is 2.44 bits per heavy atom. The lowest BCUT2D eigenvalue weighted by atomic mass is 9.93. The van der Waals surface area contributed by atoms with Crippen LogP contribution in [0.5, 0.6) is 0 Å². The second-order valence-electron chi connectivity index (χ2n) is 4.50. The summed E-state index contributed by atoms with van der Waals surface area (Å²) in [7, 11) is 0. The predicted molar refractivity (Wildman–Crippen MR) is 64.3 cm³/mol. The maximum atomic E-state index is 5.88. The van der Waals surface area contributed by atoms with Crippen LogP contribution >= 0.6 is 0 Å². The quantitative estimate of drug-likeness (QED) is 0.851. The van der Waals surface area contributed by atoms with Crippen LogP contribution in [0.25, 0.3) is 0 Å². The largest absolute Gasteiger partial charge is 0.428 e. The molecule has 90 valence electrons. The van der Waals surface area contributed by atoms with Crippen LogP contribution in [0.15, 0.2) is 17.0 Å². The molecule has 2 heterocycles. The van der Waals surface area contributed by atoms with Crippen molar-refractivity contribution in [1.29, 1.82) is 0 Å². The minimum absolute atomic E-state index is 0.500. The third-order valence-corrected chi connectivity index (χ3v) is 3.59. The van der Waals surface area contributed by atoms with E-state index >= 15 is 0 Å². The van der Waals surface area contributed by atoms with Gasteiger partial charge in [0, 0.05) is 12.6 Å². The first-order valence-corrected chi connectivity index (χ1v) is 6.22. The Balaban J connectivity index is 2.19. The van der Waals surface area contributed by atoms with Crippen LogP contribution in [0, 0.1) is 5.92 Å². The minimum Gasteiger partial charge on any atom is -0.428 e. The molecule has 4 heteroatoms. The van der Waals surface area contributed by atoms with Gasteiger partial charge in [-0.25, -0.2) is 4.98 Å². The molecule has 0 saturated carbocycles. The molecule has 1 aromatic heterocycles. The van der Waals surface area contributed by atoms with Gasteiger partial charge in [0.25, 0.3) is 0 Å². The Morgan fingerprint density at radius 1 is 1.56 bits per heavy atom. The highest BCUT2D eigenvalue weighted by Crippen LogP contribution is 2.28. The number of oxazole rings is 1. The molecule has 0 amide bonds. The average molecular weight is 223 g/mol. The zero-order chi connectivity index (χ0) is 11.4. The number of nitrogens with two attached hydrogens (primary N) is 1. The van der Waals surface area contributed by atoms with Gasteiger partial charge < -0.3 is 15.1 Å².